The first-order valence-electron chi connectivity index (χ1n) is 2.75. The summed E-state index contributed by atoms with van der Waals surface area (Å²) < 4.78 is 33.8. The third kappa shape index (κ3) is 1.99. The van der Waals surface area contributed by atoms with Gasteiger partial charge in [-0.1, -0.05) is 0 Å². The maximum absolute atomic E-state index is 12.5. The van der Waals surface area contributed by atoms with Crippen LogP contribution in [0.25, 0.3) is 0 Å². The number of rotatable bonds is 1. The first-order chi connectivity index (χ1) is 5.41. The van der Waals surface area contributed by atoms with Gasteiger partial charge in [-0.3, -0.25) is 0 Å². The summed E-state index contributed by atoms with van der Waals surface area (Å²) in [5, 5.41) is 4.76. The normalized spacial score (nSPS) is 11.6. The fourth-order valence-electron chi connectivity index (χ4n) is 0.559. The van der Waals surface area contributed by atoms with Crippen LogP contribution in [-0.4, -0.2) is 13.4 Å². The molecule has 12 heavy (non-hydrogen) atoms. The first-order valence-corrected chi connectivity index (χ1v) is 5.09. The molecule has 0 spiro atoms. The number of nitrogens with two attached hydrogens (primary N) is 1. The lowest BCUT2D eigenvalue weighted by Crippen LogP contribution is -2.12. The minimum atomic E-state index is -3.80. The molecule has 4 nitrogen and oxygen atoms in total. The highest BCUT2D eigenvalue weighted by Gasteiger charge is 2.10. The molecule has 0 aliphatic rings. The second kappa shape index (κ2) is 3.08. The van der Waals surface area contributed by atoms with Crippen LogP contribution in [0, 0.1) is 5.95 Å². The van der Waals surface area contributed by atoms with Crippen LogP contribution in [0.2, 0.25) is 0 Å². The van der Waals surface area contributed by atoms with Gasteiger partial charge in [-0.2, -0.15) is 4.39 Å². The Morgan fingerprint density at radius 2 is 2.17 bits per heavy atom. The van der Waals surface area contributed by atoms with Gasteiger partial charge in [0.15, 0.2) is 0 Å². The smallest absolute Gasteiger partial charge is 0.226 e. The van der Waals surface area contributed by atoms with E-state index in [4.69, 9.17) is 5.14 Å². The zero-order valence-corrected chi connectivity index (χ0v) is 8.06. The van der Waals surface area contributed by atoms with Gasteiger partial charge in [0.05, 0.1) is 10.7 Å². The maximum Gasteiger partial charge on any atom is 0.239 e. The van der Waals surface area contributed by atoms with Crippen molar-refractivity contribution in [2.45, 2.75) is 4.90 Å². The van der Waals surface area contributed by atoms with Crippen molar-refractivity contribution in [3.63, 3.8) is 0 Å². The third-order valence-corrected chi connectivity index (χ3v) is 2.54. The minimum Gasteiger partial charge on any atom is -0.226 e. The van der Waals surface area contributed by atoms with Crippen molar-refractivity contribution < 1.29 is 12.8 Å². The summed E-state index contributed by atoms with van der Waals surface area (Å²) >= 11 is 2.78. The summed E-state index contributed by atoms with van der Waals surface area (Å²) in [6.45, 7) is 0. The Hall–Kier alpha value is -0.530. The average Bonchev–Trinajstić information content (AvgIpc) is 1.92. The van der Waals surface area contributed by atoms with Gasteiger partial charge in [-0.05, 0) is 22.0 Å². The molecule has 0 aromatic carbocycles. The molecule has 66 valence electrons. The molecule has 7 heteroatoms. The Morgan fingerprint density at radius 1 is 1.58 bits per heavy atom. The van der Waals surface area contributed by atoms with Crippen molar-refractivity contribution in [3.8, 4) is 0 Å². The van der Waals surface area contributed by atoms with E-state index >= 15 is 0 Å². The Kier molecular flexibility index (Phi) is 2.45. The summed E-state index contributed by atoms with van der Waals surface area (Å²) in [5.74, 6) is -0.776. The standard InChI is InChI=1S/C5H4BrFN2O2S/c6-4-1-3(12(8,10)11)2-9-5(4)7/h1-2H,(H2,8,10,11). The topological polar surface area (TPSA) is 73.1 Å². The van der Waals surface area contributed by atoms with Crippen molar-refractivity contribution in [1.29, 1.82) is 0 Å². The monoisotopic (exact) mass is 254 g/mol. The molecule has 0 unspecified atom stereocenters. The number of pyridine rings is 1. The molecule has 0 radical (unpaired) electrons. The summed E-state index contributed by atoms with van der Waals surface area (Å²) in [5.41, 5.74) is 0. The van der Waals surface area contributed by atoms with Crippen LogP contribution in [0.3, 0.4) is 0 Å². The molecule has 0 aliphatic heterocycles. The molecule has 1 aromatic rings. The molecule has 0 saturated heterocycles. The van der Waals surface area contributed by atoms with Gasteiger partial charge < -0.3 is 0 Å². The van der Waals surface area contributed by atoms with Crippen LogP contribution in [0.15, 0.2) is 21.6 Å². The van der Waals surface area contributed by atoms with Crippen molar-refractivity contribution >= 4 is 26.0 Å². The lowest BCUT2D eigenvalue weighted by molar-refractivity contribution is 0.570. The van der Waals surface area contributed by atoms with Crippen molar-refractivity contribution in [2.24, 2.45) is 5.14 Å². The van der Waals surface area contributed by atoms with Gasteiger partial charge >= 0.3 is 0 Å². The second-order valence-electron chi connectivity index (χ2n) is 1.99. The van der Waals surface area contributed by atoms with Gasteiger partial charge in [0.1, 0.15) is 4.90 Å². The first kappa shape index (κ1) is 9.56. The Balaban J connectivity index is 3.33. The van der Waals surface area contributed by atoms with E-state index in [1.807, 2.05) is 0 Å². The Labute approximate surface area is 76.8 Å². The van der Waals surface area contributed by atoms with E-state index in [0.717, 1.165) is 12.3 Å². The van der Waals surface area contributed by atoms with E-state index in [2.05, 4.69) is 20.9 Å². The average molecular weight is 255 g/mol. The molecule has 1 rings (SSSR count). The van der Waals surface area contributed by atoms with Gasteiger partial charge in [0.2, 0.25) is 16.0 Å². The molecule has 0 aliphatic carbocycles. The molecular formula is C5H4BrFN2O2S. The Morgan fingerprint density at radius 3 is 2.58 bits per heavy atom. The van der Waals surface area contributed by atoms with E-state index in [9.17, 15) is 12.8 Å². The SMILES string of the molecule is NS(=O)(=O)c1cnc(F)c(Br)c1. The number of hydrogen-bond acceptors (Lipinski definition) is 3. The minimum absolute atomic E-state index is 0.0333. The van der Waals surface area contributed by atoms with Gasteiger partial charge in [-0.15, -0.1) is 0 Å². The lowest BCUT2D eigenvalue weighted by atomic mass is 10.5. The van der Waals surface area contributed by atoms with Crippen LogP contribution in [0.4, 0.5) is 4.39 Å². The van der Waals surface area contributed by atoms with Crippen molar-refractivity contribution in [2.75, 3.05) is 0 Å². The molecule has 0 atom stereocenters. The zero-order valence-electron chi connectivity index (χ0n) is 5.66. The molecule has 1 heterocycles. The van der Waals surface area contributed by atoms with Crippen LogP contribution in [-0.2, 0) is 10.0 Å². The quantitative estimate of drug-likeness (QED) is 0.748. The molecule has 0 amide bonds. The van der Waals surface area contributed by atoms with Crippen LogP contribution in [0.5, 0.6) is 0 Å². The van der Waals surface area contributed by atoms with E-state index in [-0.39, 0.29) is 9.37 Å². The number of nitrogens with zero attached hydrogens (tertiary/aromatic N) is 1. The summed E-state index contributed by atoms with van der Waals surface area (Å²) in [6, 6.07) is 1.05. The highest BCUT2D eigenvalue weighted by Crippen LogP contribution is 2.16. The van der Waals surface area contributed by atoms with Crippen molar-refractivity contribution in [1.82, 2.24) is 4.98 Å². The summed E-state index contributed by atoms with van der Waals surface area (Å²) in [6.07, 6.45) is 0.857. The number of halogens is 2. The van der Waals surface area contributed by atoms with Crippen molar-refractivity contribution in [3.05, 3.63) is 22.7 Å². The Bertz CT molecular complexity index is 406. The van der Waals surface area contributed by atoms with Crippen LogP contribution in [0.1, 0.15) is 0 Å². The van der Waals surface area contributed by atoms with Gasteiger partial charge in [0.25, 0.3) is 0 Å². The maximum atomic E-state index is 12.5. The molecule has 0 saturated carbocycles. The predicted molar refractivity (Wildman–Crippen MR) is 43.3 cm³/mol. The van der Waals surface area contributed by atoms with Crippen LogP contribution < -0.4 is 5.14 Å². The second-order valence-corrected chi connectivity index (χ2v) is 4.40. The highest BCUT2D eigenvalue weighted by atomic mass is 79.9. The zero-order chi connectivity index (χ0) is 9.35. The van der Waals surface area contributed by atoms with E-state index in [1.54, 1.807) is 0 Å². The van der Waals surface area contributed by atoms with Gasteiger partial charge in [0, 0.05) is 0 Å². The molecule has 1 aromatic heterocycles. The fourth-order valence-corrected chi connectivity index (χ4v) is 1.54. The number of sulfonamides is 1. The van der Waals surface area contributed by atoms with Crippen LogP contribution >= 0.6 is 15.9 Å². The fraction of sp³-hybridized carbons (Fsp3) is 0. The molecule has 0 fully saturated rings. The number of primary sulfonamides is 1. The predicted octanol–water partition coefficient (Wildman–Crippen LogP) is 0.631. The largest absolute Gasteiger partial charge is 0.239 e. The number of aromatic nitrogens is 1. The van der Waals surface area contributed by atoms with E-state index in [0.29, 0.717) is 0 Å². The number of hydrogen-bond donors (Lipinski definition) is 1. The summed E-state index contributed by atoms with van der Waals surface area (Å²) in [7, 11) is -3.80. The lowest BCUT2D eigenvalue weighted by Gasteiger charge is -1.97. The molecular weight excluding hydrogens is 251 g/mol. The molecule has 0 bridgehead atoms. The third-order valence-electron chi connectivity index (χ3n) is 1.10. The van der Waals surface area contributed by atoms with E-state index < -0.39 is 16.0 Å². The van der Waals surface area contributed by atoms with E-state index in [1.165, 1.54) is 0 Å². The highest BCUT2D eigenvalue weighted by molar-refractivity contribution is 9.10. The molecule has 2 N–H and O–H groups in total. The summed E-state index contributed by atoms with van der Waals surface area (Å²) in [4.78, 5) is 2.95. The van der Waals surface area contributed by atoms with Gasteiger partial charge in [-0.25, -0.2) is 18.5 Å².